The molecule has 1 saturated heterocycles. The molecule has 1 unspecified atom stereocenters. The molecule has 0 bridgehead atoms. The van der Waals surface area contributed by atoms with Crippen LogP contribution in [0, 0.1) is 0 Å². The summed E-state index contributed by atoms with van der Waals surface area (Å²) >= 11 is 8.35. The number of likely N-dealkylation sites (N-methyl/N-ethyl adjacent to an activating group) is 1. The maximum Gasteiger partial charge on any atom is 0.311 e. The van der Waals surface area contributed by atoms with E-state index in [9.17, 15) is 9.59 Å². The number of aromatic nitrogens is 1. The van der Waals surface area contributed by atoms with Gasteiger partial charge in [0.2, 0.25) is 5.91 Å². The molecular weight excluding hydrogens is 452 g/mol. The van der Waals surface area contributed by atoms with Gasteiger partial charge < -0.3 is 19.9 Å². The zero-order chi connectivity index (χ0) is 22.2. The van der Waals surface area contributed by atoms with Crippen LogP contribution in [0.4, 0.5) is 5.13 Å². The first-order valence-corrected chi connectivity index (χ1v) is 12.2. The van der Waals surface area contributed by atoms with Gasteiger partial charge in [-0.15, -0.1) is 11.3 Å². The van der Waals surface area contributed by atoms with Gasteiger partial charge in [-0.2, -0.15) is 0 Å². The highest BCUT2D eigenvalue weighted by molar-refractivity contribution is 8.23. The minimum atomic E-state index is -0.495. The number of hydrogen-bond donors (Lipinski definition) is 1. The Morgan fingerprint density at radius 2 is 1.97 bits per heavy atom. The van der Waals surface area contributed by atoms with Crippen molar-refractivity contribution < 1.29 is 14.3 Å². The molecule has 0 aliphatic carbocycles. The molecule has 1 atom stereocenters. The van der Waals surface area contributed by atoms with Crippen LogP contribution in [0.3, 0.4) is 0 Å². The van der Waals surface area contributed by atoms with E-state index in [1.807, 2.05) is 30.3 Å². The van der Waals surface area contributed by atoms with Crippen molar-refractivity contribution in [2.75, 3.05) is 45.2 Å². The van der Waals surface area contributed by atoms with E-state index in [-0.39, 0.29) is 18.3 Å². The molecule has 1 aliphatic heterocycles. The summed E-state index contributed by atoms with van der Waals surface area (Å²) in [6.45, 7) is 5.70. The topological polar surface area (TPSA) is 74.8 Å². The number of thioether (sulfide) groups is 1. The van der Waals surface area contributed by atoms with Crippen molar-refractivity contribution in [3.05, 3.63) is 47.0 Å². The fraction of sp³-hybridized carbons (Fsp3) is 0.429. The summed E-state index contributed by atoms with van der Waals surface area (Å²) in [4.78, 5) is 33.6. The van der Waals surface area contributed by atoms with E-state index in [0.717, 1.165) is 36.1 Å². The molecule has 2 heterocycles. The van der Waals surface area contributed by atoms with Crippen molar-refractivity contribution in [2.24, 2.45) is 0 Å². The van der Waals surface area contributed by atoms with Gasteiger partial charge in [-0.3, -0.25) is 9.59 Å². The molecule has 3 rings (SSSR count). The lowest BCUT2D eigenvalue weighted by molar-refractivity contribution is -0.142. The highest BCUT2D eigenvalue weighted by atomic mass is 32.2. The second-order valence-electron chi connectivity index (χ2n) is 7.08. The molecule has 1 fully saturated rings. The number of ether oxygens (including phenoxy) is 1. The van der Waals surface area contributed by atoms with Crippen molar-refractivity contribution in [3.63, 3.8) is 0 Å². The lowest BCUT2D eigenvalue weighted by Crippen LogP contribution is -2.46. The molecule has 1 aromatic carbocycles. The number of carbonyl (C=O) groups excluding carboxylic acids is 2. The lowest BCUT2D eigenvalue weighted by Gasteiger charge is -2.34. The van der Waals surface area contributed by atoms with Crippen molar-refractivity contribution in [1.29, 1.82) is 0 Å². The molecule has 0 saturated carbocycles. The largest absolute Gasteiger partial charge is 0.466 e. The number of thiocarbonyl (C=S) groups is 1. The first-order valence-electron chi connectivity index (χ1n) is 10.1. The highest BCUT2D eigenvalue weighted by Gasteiger charge is 2.27. The van der Waals surface area contributed by atoms with Crippen LogP contribution in [0.15, 0.2) is 35.7 Å². The maximum absolute atomic E-state index is 13.2. The number of piperazine rings is 1. The van der Waals surface area contributed by atoms with Gasteiger partial charge in [0.05, 0.1) is 18.7 Å². The number of rotatable bonds is 7. The standard InChI is InChI=1S/C21H26N4O3S3/c1-3-28-17(26)13-16-14-30-20(22-16)23-19(27)18(15-7-5-4-6-8-15)31-21(29)25-11-9-24(2)10-12-25/h4-8,14,18H,3,9-13H2,1-2H3,(H,22,23,27). The molecule has 1 aromatic heterocycles. The van der Waals surface area contributed by atoms with E-state index < -0.39 is 5.25 Å². The lowest BCUT2D eigenvalue weighted by atomic mass is 10.1. The van der Waals surface area contributed by atoms with Gasteiger partial charge in [0.15, 0.2) is 5.13 Å². The number of nitrogens with zero attached hydrogens (tertiary/aromatic N) is 3. The Morgan fingerprint density at radius 3 is 2.65 bits per heavy atom. The SMILES string of the molecule is CCOC(=O)Cc1csc(NC(=O)C(SC(=S)N2CCN(C)CC2)c2ccccc2)n1. The molecule has 0 radical (unpaired) electrons. The molecule has 1 aliphatic rings. The number of thiazole rings is 1. The third kappa shape index (κ3) is 6.99. The van der Waals surface area contributed by atoms with Gasteiger partial charge >= 0.3 is 5.97 Å². The minimum Gasteiger partial charge on any atom is -0.466 e. The average Bonchev–Trinajstić information content (AvgIpc) is 3.19. The summed E-state index contributed by atoms with van der Waals surface area (Å²) < 4.78 is 5.67. The van der Waals surface area contributed by atoms with Crippen LogP contribution < -0.4 is 5.32 Å². The summed E-state index contributed by atoms with van der Waals surface area (Å²) in [6.07, 6.45) is 0.0879. The highest BCUT2D eigenvalue weighted by Crippen LogP contribution is 2.33. The Morgan fingerprint density at radius 1 is 1.26 bits per heavy atom. The van der Waals surface area contributed by atoms with Crippen molar-refractivity contribution in [2.45, 2.75) is 18.6 Å². The molecule has 0 spiro atoms. The van der Waals surface area contributed by atoms with Crippen LogP contribution >= 0.6 is 35.3 Å². The summed E-state index contributed by atoms with van der Waals surface area (Å²) in [5.41, 5.74) is 1.46. The van der Waals surface area contributed by atoms with Gasteiger partial charge in [0.1, 0.15) is 9.57 Å². The fourth-order valence-corrected chi connectivity index (χ4v) is 5.22. The van der Waals surface area contributed by atoms with Gasteiger partial charge in [0, 0.05) is 31.6 Å². The summed E-state index contributed by atoms with van der Waals surface area (Å²) in [5, 5.41) is 4.61. The Hall–Kier alpha value is -2.01. The summed E-state index contributed by atoms with van der Waals surface area (Å²) in [6, 6.07) is 9.60. The van der Waals surface area contributed by atoms with Crippen molar-refractivity contribution >= 4 is 56.6 Å². The fourth-order valence-electron chi connectivity index (χ4n) is 3.04. The quantitative estimate of drug-likeness (QED) is 0.480. The van der Waals surface area contributed by atoms with Gasteiger partial charge in [-0.05, 0) is 19.5 Å². The van der Waals surface area contributed by atoms with E-state index in [4.69, 9.17) is 17.0 Å². The minimum absolute atomic E-state index is 0.0879. The number of esters is 1. The number of amides is 1. The molecule has 7 nitrogen and oxygen atoms in total. The summed E-state index contributed by atoms with van der Waals surface area (Å²) in [7, 11) is 2.10. The van der Waals surface area contributed by atoms with Crippen LogP contribution in [0.25, 0.3) is 0 Å². The van der Waals surface area contributed by atoms with Crippen molar-refractivity contribution in [1.82, 2.24) is 14.8 Å². The molecule has 10 heteroatoms. The number of carbonyl (C=O) groups is 2. The van der Waals surface area contributed by atoms with E-state index in [1.54, 1.807) is 12.3 Å². The zero-order valence-electron chi connectivity index (χ0n) is 17.6. The van der Waals surface area contributed by atoms with Gasteiger partial charge in [-0.1, -0.05) is 54.3 Å². The van der Waals surface area contributed by atoms with Crippen LogP contribution in [-0.4, -0.2) is 70.8 Å². The van der Waals surface area contributed by atoms with Gasteiger partial charge in [-0.25, -0.2) is 4.98 Å². The van der Waals surface area contributed by atoms with Crippen LogP contribution in [-0.2, 0) is 20.7 Å². The predicted molar refractivity (Wildman–Crippen MR) is 130 cm³/mol. The third-order valence-electron chi connectivity index (χ3n) is 4.73. The van der Waals surface area contributed by atoms with Crippen LogP contribution in [0.2, 0.25) is 0 Å². The Bertz CT molecular complexity index is 898. The number of nitrogens with one attached hydrogen (secondary N) is 1. The smallest absolute Gasteiger partial charge is 0.311 e. The molecular formula is C21H26N4O3S3. The monoisotopic (exact) mass is 478 g/mol. The molecule has 31 heavy (non-hydrogen) atoms. The average molecular weight is 479 g/mol. The van der Waals surface area contributed by atoms with E-state index in [1.165, 1.54) is 23.1 Å². The first kappa shape index (κ1) is 23.6. The predicted octanol–water partition coefficient (Wildman–Crippen LogP) is 3.19. The third-order valence-corrected chi connectivity index (χ3v) is 7.27. The van der Waals surface area contributed by atoms with Crippen LogP contribution in [0.1, 0.15) is 23.4 Å². The molecule has 2 aromatic rings. The summed E-state index contributed by atoms with van der Waals surface area (Å²) in [5.74, 6) is -0.523. The Labute approximate surface area is 196 Å². The number of hydrogen-bond acceptors (Lipinski definition) is 8. The molecule has 1 N–H and O–H groups in total. The van der Waals surface area contributed by atoms with Crippen molar-refractivity contribution in [3.8, 4) is 0 Å². The zero-order valence-corrected chi connectivity index (χ0v) is 20.0. The Balaban J connectivity index is 1.68. The molecule has 166 valence electrons. The Kier molecular flexibility index (Phi) is 8.82. The van der Waals surface area contributed by atoms with E-state index in [2.05, 4.69) is 27.1 Å². The number of benzene rings is 1. The maximum atomic E-state index is 13.2. The second-order valence-corrected chi connectivity index (χ2v) is 9.68. The number of anilines is 1. The van der Waals surface area contributed by atoms with E-state index >= 15 is 0 Å². The second kappa shape index (κ2) is 11.6. The van der Waals surface area contributed by atoms with E-state index in [0.29, 0.717) is 17.4 Å². The molecule has 1 amide bonds. The van der Waals surface area contributed by atoms with Crippen LogP contribution in [0.5, 0.6) is 0 Å². The van der Waals surface area contributed by atoms with Gasteiger partial charge in [0.25, 0.3) is 0 Å². The normalized spacial score (nSPS) is 15.4. The first-order chi connectivity index (χ1) is 15.0.